The predicted molar refractivity (Wildman–Crippen MR) is 87.9 cm³/mol. The van der Waals surface area contributed by atoms with Crippen molar-refractivity contribution >= 4 is 11.8 Å². The van der Waals surface area contributed by atoms with Gasteiger partial charge in [-0.2, -0.15) is 0 Å². The van der Waals surface area contributed by atoms with E-state index < -0.39 is 18.2 Å². The number of carbonyl (C=O) groups excluding carboxylic acids is 1. The number of aliphatic hydroxyl groups excluding tert-OH is 2. The van der Waals surface area contributed by atoms with Gasteiger partial charge in [0.15, 0.2) is 0 Å². The Labute approximate surface area is 137 Å². The fraction of sp³-hybridized carbons (Fsp3) is 0.667. The number of aliphatic carboxylic acids is 1. The average molecular weight is 324 g/mol. The van der Waals surface area contributed by atoms with Crippen molar-refractivity contribution in [3.05, 3.63) is 24.3 Å². The van der Waals surface area contributed by atoms with Crippen molar-refractivity contribution in [1.29, 1.82) is 0 Å². The highest BCUT2D eigenvalue weighted by molar-refractivity contribution is 5.85. The zero-order chi connectivity index (χ0) is 17.2. The number of carbonyl (C=O) groups is 2. The summed E-state index contributed by atoms with van der Waals surface area (Å²) >= 11 is 0. The van der Waals surface area contributed by atoms with Crippen molar-refractivity contribution in [3.63, 3.8) is 0 Å². The van der Waals surface area contributed by atoms with Crippen LogP contribution in [0.2, 0.25) is 0 Å². The van der Waals surface area contributed by atoms with Gasteiger partial charge in [0.2, 0.25) is 0 Å². The molecule has 0 radical (unpaired) electrons. The molecule has 0 aliphatic heterocycles. The first-order valence-corrected chi connectivity index (χ1v) is 8.39. The number of aliphatic hydroxyl groups is 2. The minimum Gasteiger partial charge on any atom is -0.481 e. The maximum Gasteiger partial charge on any atom is 0.303 e. The zero-order valence-electron chi connectivity index (χ0n) is 13.7. The number of hydrogen-bond donors (Lipinski definition) is 3. The van der Waals surface area contributed by atoms with Gasteiger partial charge in [-0.15, -0.1) is 0 Å². The van der Waals surface area contributed by atoms with E-state index in [1.807, 2.05) is 19.1 Å². The smallest absolute Gasteiger partial charge is 0.303 e. The molecule has 23 heavy (non-hydrogen) atoms. The Bertz CT molecular complexity index is 441. The van der Waals surface area contributed by atoms with Gasteiger partial charge in [-0.25, -0.2) is 0 Å². The van der Waals surface area contributed by atoms with E-state index in [1.54, 1.807) is 12.2 Å². The lowest BCUT2D eigenvalue weighted by Gasteiger charge is -2.18. The van der Waals surface area contributed by atoms with Crippen LogP contribution in [0.5, 0.6) is 0 Å². The van der Waals surface area contributed by atoms with Crippen LogP contribution in [-0.4, -0.2) is 39.3 Å². The quantitative estimate of drug-likeness (QED) is 0.424. The van der Waals surface area contributed by atoms with Crippen molar-refractivity contribution < 1.29 is 24.9 Å². The van der Waals surface area contributed by atoms with Crippen LogP contribution in [0, 0.1) is 11.8 Å². The number of unbranched alkanes of at least 4 members (excludes halogenated alkanes) is 1. The van der Waals surface area contributed by atoms with Gasteiger partial charge in [0.25, 0.3) is 0 Å². The lowest BCUT2D eigenvalue weighted by molar-refractivity contribution is -0.137. The van der Waals surface area contributed by atoms with Gasteiger partial charge >= 0.3 is 5.97 Å². The standard InChI is InChI=1S/C18H28O5/c1-2-3-4-7-13(19)10-11-15-14(16(20)12-17(15)21)8-5-6-9-18(22)23/h3-4,10-11,13-16,19-20H,2,5-9,12H2,1H3,(H,22,23)/b4-3-,11-10+/t13-,14-,15+,16-/m0/s1. The third-order valence-electron chi connectivity index (χ3n) is 4.24. The van der Waals surface area contributed by atoms with Crippen LogP contribution in [0.3, 0.4) is 0 Å². The monoisotopic (exact) mass is 324 g/mol. The largest absolute Gasteiger partial charge is 0.481 e. The van der Waals surface area contributed by atoms with Gasteiger partial charge in [-0.1, -0.05) is 37.6 Å². The Hall–Kier alpha value is -1.46. The third-order valence-corrected chi connectivity index (χ3v) is 4.24. The molecule has 1 rings (SSSR count). The van der Waals surface area contributed by atoms with Crippen molar-refractivity contribution in [2.75, 3.05) is 0 Å². The van der Waals surface area contributed by atoms with Gasteiger partial charge < -0.3 is 15.3 Å². The second-order valence-electron chi connectivity index (χ2n) is 6.13. The first kappa shape index (κ1) is 19.6. The molecule has 1 fully saturated rings. The molecule has 0 aromatic carbocycles. The maximum atomic E-state index is 12.0. The lowest BCUT2D eigenvalue weighted by atomic mass is 9.88. The average Bonchev–Trinajstić information content (AvgIpc) is 2.75. The van der Waals surface area contributed by atoms with E-state index in [0.29, 0.717) is 25.7 Å². The number of hydrogen-bond acceptors (Lipinski definition) is 4. The van der Waals surface area contributed by atoms with Crippen LogP contribution >= 0.6 is 0 Å². The molecule has 0 spiro atoms. The molecule has 0 heterocycles. The van der Waals surface area contributed by atoms with E-state index in [9.17, 15) is 19.8 Å². The molecule has 0 bridgehead atoms. The second kappa shape index (κ2) is 10.3. The number of carboxylic acid groups (broad SMARTS) is 1. The van der Waals surface area contributed by atoms with Gasteiger partial charge in [0.1, 0.15) is 5.78 Å². The van der Waals surface area contributed by atoms with Crippen LogP contribution in [-0.2, 0) is 9.59 Å². The summed E-state index contributed by atoms with van der Waals surface area (Å²) in [5, 5.41) is 28.5. The van der Waals surface area contributed by atoms with Gasteiger partial charge in [-0.3, -0.25) is 9.59 Å². The number of ketones is 1. The Morgan fingerprint density at radius 2 is 2.09 bits per heavy atom. The summed E-state index contributed by atoms with van der Waals surface area (Å²) in [6.07, 6.45) is 9.47. The molecule has 0 unspecified atom stereocenters. The molecular weight excluding hydrogens is 296 g/mol. The molecule has 1 aliphatic carbocycles. The molecule has 5 nitrogen and oxygen atoms in total. The summed E-state index contributed by atoms with van der Waals surface area (Å²) in [7, 11) is 0. The Morgan fingerprint density at radius 1 is 1.35 bits per heavy atom. The number of Topliss-reactive ketones (excluding diaryl/α,β-unsaturated/α-hetero) is 1. The highest BCUT2D eigenvalue weighted by Gasteiger charge is 2.39. The molecule has 1 saturated carbocycles. The van der Waals surface area contributed by atoms with E-state index in [1.165, 1.54) is 0 Å². The van der Waals surface area contributed by atoms with Gasteiger partial charge in [-0.05, 0) is 31.6 Å². The molecule has 0 saturated heterocycles. The molecule has 4 atom stereocenters. The van der Waals surface area contributed by atoms with Crippen LogP contribution in [0.15, 0.2) is 24.3 Å². The lowest BCUT2D eigenvalue weighted by Crippen LogP contribution is -2.19. The van der Waals surface area contributed by atoms with E-state index in [-0.39, 0.29) is 30.5 Å². The van der Waals surface area contributed by atoms with Gasteiger partial charge in [0.05, 0.1) is 12.2 Å². The SMILES string of the molecule is CC/C=C\C[C@H](O)/C=C/[C@H]1C(=O)C[C@H](O)[C@H]1CCCCC(=O)O. The summed E-state index contributed by atoms with van der Waals surface area (Å²) in [5.74, 6) is -1.38. The van der Waals surface area contributed by atoms with Crippen molar-refractivity contribution in [2.45, 2.75) is 64.1 Å². The van der Waals surface area contributed by atoms with Crippen LogP contribution < -0.4 is 0 Å². The normalized spacial score (nSPS) is 26.4. The fourth-order valence-corrected chi connectivity index (χ4v) is 2.98. The highest BCUT2D eigenvalue weighted by atomic mass is 16.4. The van der Waals surface area contributed by atoms with Gasteiger partial charge in [0, 0.05) is 18.8 Å². The molecule has 5 heteroatoms. The van der Waals surface area contributed by atoms with E-state index in [4.69, 9.17) is 5.11 Å². The Morgan fingerprint density at radius 3 is 2.74 bits per heavy atom. The summed E-state index contributed by atoms with van der Waals surface area (Å²) in [6, 6.07) is 0. The zero-order valence-corrected chi connectivity index (χ0v) is 13.7. The minimum absolute atomic E-state index is 0.00622. The number of allylic oxidation sites excluding steroid dienone is 2. The van der Waals surface area contributed by atoms with E-state index in [0.717, 1.165) is 6.42 Å². The fourth-order valence-electron chi connectivity index (χ4n) is 2.98. The minimum atomic E-state index is -0.826. The maximum absolute atomic E-state index is 12.0. The molecule has 0 aromatic heterocycles. The number of carboxylic acids is 1. The highest BCUT2D eigenvalue weighted by Crippen LogP contribution is 2.34. The molecule has 130 valence electrons. The summed E-state index contributed by atoms with van der Waals surface area (Å²) in [4.78, 5) is 22.5. The predicted octanol–water partition coefficient (Wildman–Crippen LogP) is 2.47. The third kappa shape index (κ3) is 7.10. The second-order valence-corrected chi connectivity index (χ2v) is 6.13. The van der Waals surface area contributed by atoms with Crippen molar-refractivity contribution in [2.24, 2.45) is 11.8 Å². The Balaban J connectivity index is 2.53. The van der Waals surface area contributed by atoms with Crippen LogP contribution in [0.4, 0.5) is 0 Å². The molecule has 0 amide bonds. The van der Waals surface area contributed by atoms with Crippen LogP contribution in [0.1, 0.15) is 51.9 Å². The van der Waals surface area contributed by atoms with Crippen LogP contribution in [0.25, 0.3) is 0 Å². The molecule has 1 aliphatic rings. The van der Waals surface area contributed by atoms with E-state index >= 15 is 0 Å². The summed E-state index contributed by atoms with van der Waals surface area (Å²) in [5.41, 5.74) is 0. The summed E-state index contributed by atoms with van der Waals surface area (Å²) < 4.78 is 0. The molecule has 0 aromatic rings. The Kier molecular flexibility index (Phi) is 8.81. The topological polar surface area (TPSA) is 94.8 Å². The first-order valence-electron chi connectivity index (χ1n) is 8.39. The molecular formula is C18H28O5. The van der Waals surface area contributed by atoms with E-state index in [2.05, 4.69) is 0 Å². The first-order chi connectivity index (χ1) is 11.0. The van der Waals surface area contributed by atoms with Crippen molar-refractivity contribution in [3.8, 4) is 0 Å². The van der Waals surface area contributed by atoms with Crippen molar-refractivity contribution in [1.82, 2.24) is 0 Å². The molecule has 3 N–H and O–H groups in total. The summed E-state index contributed by atoms with van der Waals surface area (Å²) in [6.45, 7) is 2.02. The number of rotatable bonds is 10.